The number of ketones is 1. The number of nitrogens with zero attached hydrogens (tertiary/aromatic N) is 2. The van der Waals surface area contributed by atoms with Crippen LogP contribution in [-0.4, -0.2) is 60.9 Å². The summed E-state index contributed by atoms with van der Waals surface area (Å²) in [5.41, 5.74) is 0.177. The largest absolute Gasteiger partial charge is 0.490 e. The van der Waals surface area contributed by atoms with Crippen LogP contribution in [0.1, 0.15) is 37.0 Å². The Morgan fingerprint density at radius 1 is 1.00 bits per heavy atom. The number of carbonyl (C=O) groups is 2. The summed E-state index contributed by atoms with van der Waals surface area (Å²) in [6, 6.07) is 6.90. The molecule has 2 amide bonds. The summed E-state index contributed by atoms with van der Waals surface area (Å²) in [6.45, 7) is 8.15. The highest BCUT2D eigenvalue weighted by atomic mass is 19.4. The van der Waals surface area contributed by atoms with Crippen LogP contribution in [0.4, 0.5) is 33.7 Å². The molecule has 1 heterocycles. The molecule has 2 N–H and O–H groups in total. The maximum Gasteiger partial charge on any atom is 0.416 e. The van der Waals surface area contributed by atoms with Crippen molar-refractivity contribution in [3.05, 3.63) is 76.8 Å². The second-order valence-electron chi connectivity index (χ2n) is 9.58. The number of nitrogens with one attached hydrogen (secondary N) is 2. The summed E-state index contributed by atoms with van der Waals surface area (Å²) >= 11 is 0. The average molecular weight is 561 g/mol. The number of hydrogen-bond donors (Lipinski definition) is 2. The molecular weight excluding hydrogens is 528 g/mol. The van der Waals surface area contributed by atoms with Gasteiger partial charge in [0.25, 0.3) is 0 Å². The molecule has 1 saturated heterocycles. The summed E-state index contributed by atoms with van der Waals surface area (Å²) < 4.78 is 61.8. The Morgan fingerprint density at radius 3 is 2.38 bits per heavy atom. The first-order valence-corrected chi connectivity index (χ1v) is 13.2. The third-order valence-corrected chi connectivity index (χ3v) is 6.90. The Morgan fingerprint density at radius 2 is 1.73 bits per heavy atom. The number of hydrogen-bond acceptors (Lipinski definition) is 5. The molecule has 2 aromatic rings. The number of carbonyl (C=O) groups excluding carboxylic acids is 2. The van der Waals surface area contributed by atoms with Crippen molar-refractivity contribution in [2.45, 2.75) is 33.0 Å². The van der Waals surface area contributed by atoms with Gasteiger partial charge in [-0.25, -0.2) is 9.18 Å². The van der Waals surface area contributed by atoms with Crippen molar-refractivity contribution in [3.8, 4) is 0 Å². The summed E-state index contributed by atoms with van der Waals surface area (Å²) in [4.78, 5) is 28.7. The third-order valence-electron chi connectivity index (χ3n) is 6.90. The van der Waals surface area contributed by atoms with Gasteiger partial charge in [0.2, 0.25) is 5.78 Å². The van der Waals surface area contributed by atoms with Gasteiger partial charge in [0.15, 0.2) is 5.76 Å². The highest BCUT2D eigenvalue weighted by Crippen LogP contribution is 2.35. The van der Waals surface area contributed by atoms with E-state index in [0.717, 1.165) is 25.7 Å². The van der Waals surface area contributed by atoms with Crippen LogP contribution in [0.25, 0.3) is 5.57 Å². The molecule has 214 valence electrons. The topological polar surface area (TPSA) is 73.9 Å². The maximum absolute atomic E-state index is 14.8. The molecule has 0 unspecified atom stereocenters. The molecule has 2 aromatic carbocycles. The Bertz CT molecular complexity index is 1310. The standard InChI is InChI=1S/C29H32F4N4O3/c1-3-36-11-13-37(14-12-36)18-21-5-8-22(17-23(21)29(31,32)33)34-28(39)35-25-9-6-19(15-24(25)30)20-7-10-26(38)27(16-20)40-4-2/h5-9,15-17H,3-4,10-14,18H2,1-2H3,(H2,34,35,39). The molecular formula is C29H32F4N4O3. The number of alkyl halides is 3. The van der Waals surface area contributed by atoms with E-state index >= 15 is 0 Å². The predicted octanol–water partition coefficient (Wildman–Crippen LogP) is 5.90. The normalized spacial score (nSPS) is 16.8. The first-order valence-electron chi connectivity index (χ1n) is 13.2. The summed E-state index contributed by atoms with van der Waals surface area (Å²) in [5.74, 6) is -0.714. The fourth-order valence-corrected chi connectivity index (χ4v) is 4.70. The smallest absolute Gasteiger partial charge is 0.416 e. The van der Waals surface area contributed by atoms with E-state index < -0.39 is 23.6 Å². The Hall–Kier alpha value is -3.70. The average Bonchev–Trinajstić information content (AvgIpc) is 2.92. The third kappa shape index (κ3) is 7.28. The number of rotatable bonds is 8. The zero-order valence-corrected chi connectivity index (χ0v) is 22.4. The number of benzene rings is 2. The van der Waals surface area contributed by atoms with Gasteiger partial charge in [0.05, 0.1) is 17.9 Å². The van der Waals surface area contributed by atoms with Crippen LogP contribution >= 0.6 is 0 Å². The second-order valence-corrected chi connectivity index (χ2v) is 9.58. The molecule has 2 aliphatic rings. The van der Waals surface area contributed by atoms with Gasteiger partial charge in [-0.05, 0) is 60.5 Å². The molecule has 0 atom stereocenters. The first-order chi connectivity index (χ1) is 19.1. The van der Waals surface area contributed by atoms with Gasteiger partial charge in [-0.15, -0.1) is 0 Å². The van der Waals surface area contributed by atoms with Gasteiger partial charge in [-0.3, -0.25) is 9.69 Å². The lowest BCUT2D eigenvalue weighted by Crippen LogP contribution is -2.45. The minimum absolute atomic E-state index is 0.0629. The summed E-state index contributed by atoms with van der Waals surface area (Å²) in [6.07, 6.45) is -1.28. The van der Waals surface area contributed by atoms with E-state index in [4.69, 9.17) is 4.74 Å². The van der Waals surface area contributed by atoms with E-state index in [0.29, 0.717) is 30.8 Å². The molecule has 11 heteroatoms. The number of piperazine rings is 1. The molecule has 1 fully saturated rings. The number of Topliss-reactive ketones (excluding diaryl/α,β-unsaturated/α-hetero) is 1. The molecule has 0 bridgehead atoms. The van der Waals surface area contributed by atoms with E-state index in [1.807, 2.05) is 4.90 Å². The molecule has 0 radical (unpaired) electrons. The van der Waals surface area contributed by atoms with E-state index in [9.17, 15) is 27.2 Å². The van der Waals surface area contributed by atoms with Crippen LogP contribution < -0.4 is 10.6 Å². The number of halogens is 4. The van der Waals surface area contributed by atoms with Gasteiger partial charge in [-0.1, -0.05) is 25.1 Å². The minimum atomic E-state index is -4.61. The zero-order chi connectivity index (χ0) is 28.9. The van der Waals surface area contributed by atoms with Crippen molar-refractivity contribution in [3.63, 3.8) is 0 Å². The first kappa shape index (κ1) is 29.3. The molecule has 40 heavy (non-hydrogen) atoms. The Labute approximate surface area is 230 Å². The summed E-state index contributed by atoms with van der Waals surface area (Å²) in [5, 5.41) is 4.71. The molecule has 7 nitrogen and oxygen atoms in total. The van der Waals surface area contributed by atoms with Crippen molar-refractivity contribution in [1.82, 2.24) is 9.80 Å². The zero-order valence-electron chi connectivity index (χ0n) is 22.4. The fraction of sp³-hybridized carbons (Fsp3) is 0.379. The Balaban J connectivity index is 1.43. The van der Waals surface area contributed by atoms with Gasteiger partial charge < -0.3 is 20.3 Å². The highest BCUT2D eigenvalue weighted by molar-refractivity contribution is 6.02. The van der Waals surface area contributed by atoms with Crippen molar-refractivity contribution in [1.29, 1.82) is 0 Å². The minimum Gasteiger partial charge on any atom is -0.490 e. The second kappa shape index (κ2) is 12.6. The number of ether oxygens (including phenoxy) is 1. The van der Waals surface area contributed by atoms with Gasteiger partial charge in [0.1, 0.15) is 5.82 Å². The van der Waals surface area contributed by atoms with Crippen LogP contribution in [0.3, 0.4) is 0 Å². The number of allylic oxidation sites excluding steroid dienone is 4. The van der Waals surface area contributed by atoms with E-state index in [1.165, 1.54) is 30.3 Å². The predicted molar refractivity (Wildman–Crippen MR) is 145 cm³/mol. The van der Waals surface area contributed by atoms with Crippen molar-refractivity contribution >= 4 is 28.8 Å². The van der Waals surface area contributed by atoms with Crippen LogP contribution in [0.2, 0.25) is 0 Å². The lowest BCUT2D eigenvalue weighted by atomic mass is 9.97. The van der Waals surface area contributed by atoms with E-state index in [2.05, 4.69) is 22.5 Å². The molecule has 4 rings (SSSR count). The number of amides is 2. The molecule has 1 aliphatic carbocycles. The molecule has 1 aliphatic heterocycles. The highest BCUT2D eigenvalue weighted by Gasteiger charge is 2.34. The molecule has 0 spiro atoms. The van der Waals surface area contributed by atoms with Gasteiger partial charge >= 0.3 is 12.2 Å². The maximum atomic E-state index is 14.8. The SMILES string of the molecule is CCOC1=CC(c2ccc(NC(=O)Nc3ccc(CN4CCN(CC)CC4)c(C(F)(F)F)c3)c(F)c2)=CCC1=O. The fourth-order valence-electron chi connectivity index (χ4n) is 4.70. The number of anilines is 2. The Kier molecular flexibility index (Phi) is 9.26. The van der Waals surface area contributed by atoms with Gasteiger partial charge in [0, 0.05) is 44.8 Å². The molecule has 0 saturated carbocycles. The van der Waals surface area contributed by atoms with Crippen LogP contribution in [0.15, 0.2) is 54.3 Å². The quantitative estimate of drug-likeness (QED) is 0.393. The van der Waals surface area contributed by atoms with E-state index in [1.54, 1.807) is 19.1 Å². The number of likely N-dealkylation sites (N-methyl/N-ethyl adjacent to an activating group) is 1. The lowest BCUT2D eigenvalue weighted by molar-refractivity contribution is -0.138. The van der Waals surface area contributed by atoms with Crippen LogP contribution in [-0.2, 0) is 22.3 Å². The van der Waals surface area contributed by atoms with Gasteiger partial charge in [-0.2, -0.15) is 13.2 Å². The monoisotopic (exact) mass is 560 g/mol. The lowest BCUT2D eigenvalue weighted by Gasteiger charge is -2.34. The van der Waals surface area contributed by atoms with Crippen molar-refractivity contribution in [2.75, 3.05) is 50.0 Å². The summed E-state index contributed by atoms with van der Waals surface area (Å²) in [7, 11) is 0. The van der Waals surface area contributed by atoms with Crippen molar-refractivity contribution < 1.29 is 31.9 Å². The number of urea groups is 1. The van der Waals surface area contributed by atoms with Crippen LogP contribution in [0, 0.1) is 5.82 Å². The van der Waals surface area contributed by atoms with Crippen LogP contribution in [0.5, 0.6) is 0 Å². The van der Waals surface area contributed by atoms with Crippen molar-refractivity contribution in [2.24, 2.45) is 0 Å². The van der Waals surface area contributed by atoms with E-state index in [-0.39, 0.29) is 41.4 Å². The molecule has 0 aromatic heterocycles.